The summed E-state index contributed by atoms with van der Waals surface area (Å²) in [4.78, 5) is 10.9. The molecule has 3 N–H and O–H groups in total. The van der Waals surface area contributed by atoms with Crippen LogP contribution in [-0.4, -0.2) is 13.1 Å². The number of hydrogen-bond acceptors (Lipinski definition) is 2. The molecule has 0 fully saturated rings. The summed E-state index contributed by atoms with van der Waals surface area (Å²) in [7, 11) is 1.36. The van der Waals surface area contributed by atoms with Gasteiger partial charge in [-0.1, -0.05) is 17.7 Å². The number of methoxy groups -OCH3 is 1. The van der Waals surface area contributed by atoms with Crippen LogP contribution < -0.4 is 18.1 Å². The van der Waals surface area contributed by atoms with Crippen molar-refractivity contribution in [3.8, 4) is 0 Å². The van der Waals surface area contributed by atoms with E-state index in [4.69, 9.17) is 11.6 Å². The van der Waals surface area contributed by atoms with Gasteiger partial charge in [0.2, 0.25) is 0 Å². The maximum Gasteiger partial charge on any atom is 0.309 e. The zero-order chi connectivity index (χ0) is 9.84. The number of quaternary nitrogens is 1. The van der Waals surface area contributed by atoms with E-state index in [0.717, 1.165) is 11.3 Å². The van der Waals surface area contributed by atoms with Crippen LogP contribution in [0.5, 0.6) is 0 Å². The van der Waals surface area contributed by atoms with E-state index in [1.54, 1.807) is 18.2 Å². The van der Waals surface area contributed by atoms with Crippen molar-refractivity contribution in [3.05, 3.63) is 28.8 Å². The largest absolute Gasteiger partial charge is 1.00 e. The fraction of sp³-hybridized carbons (Fsp3) is 0.222. The lowest BCUT2D eigenvalue weighted by Crippen LogP contribution is -3.00. The molecule has 0 aromatic heterocycles. The van der Waals surface area contributed by atoms with Crippen molar-refractivity contribution >= 4 is 23.3 Å². The lowest BCUT2D eigenvalue weighted by molar-refractivity contribution is -0.254. The minimum absolute atomic E-state index is 0. The molecule has 0 spiro atoms. The van der Waals surface area contributed by atoms with Crippen molar-refractivity contribution in [2.24, 2.45) is 0 Å². The molecule has 0 saturated heterocycles. The second-order valence-corrected chi connectivity index (χ2v) is 3.09. The van der Waals surface area contributed by atoms with E-state index < -0.39 is 0 Å². The number of benzene rings is 1. The molecule has 78 valence electrons. The number of carbonyl (C=O) groups is 1. The summed E-state index contributed by atoms with van der Waals surface area (Å²) in [5, 5.41) is 0.605. The molecule has 3 nitrogen and oxygen atoms in total. The van der Waals surface area contributed by atoms with Crippen LogP contribution in [0.15, 0.2) is 18.2 Å². The molecule has 0 bridgehead atoms. The Morgan fingerprint density at radius 1 is 1.57 bits per heavy atom. The minimum atomic E-state index is -0.262. The number of carbonyl (C=O) groups excluding carboxylic acids is 1. The van der Waals surface area contributed by atoms with E-state index >= 15 is 0 Å². The SMILES string of the molecule is COC(=O)Cc1ccc(Cl)c([NH3+])c1.[Cl-]. The summed E-state index contributed by atoms with van der Waals surface area (Å²) in [6.07, 6.45) is 0.260. The number of rotatable bonds is 2. The van der Waals surface area contributed by atoms with Crippen molar-refractivity contribution in [1.29, 1.82) is 0 Å². The molecular formula is C9H11Cl2NO2. The summed E-state index contributed by atoms with van der Waals surface area (Å²) in [6, 6.07) is 5.29. The first-order valence-corrected chi connectivity index (χ1v) is 4.18. The van der Waals surface area contributed by atoms with Crippen LogP contribution in [0, 0.1) is 0 Å². The molecule has 5 heteroatoms. The van der Waals surface area contributed by atoms with Crippen LogP contribution in [0.1, 0.15) is 5.56 Å². The summed E-state index contributed by atoms with van der Waals surface area (Å²) in [6.45, 7) is 0. The Morgan fingerprint density at radius 3 is 2.71 bits per heavy atom. The molecule has 1 aromatic rings. The van der Waals surface area contributed by atoms with Gasteiger partial charge in [0.05, 0.1) is 13.5 Å². The highest BCUT2D eigenvalue weighted by molar-refractivity contribution is 6.32. The Labute approximate surface area is 93.6 Å². The van der Waals surface area contributed by atoms with Gasteiger partial charge in [-0.2, -0.15) is 0 Å². The summed E-state index contributed by atoms with van der Waals surface area (Å²) >= 11 is 5.77. The van der Waals surface area contributed by atoms with E-state index in [1.165, 1.54) is 7.11 Å². The Bertz CT molecular complexity index is 329. The molecular weight excluding hydrogens is 225 g/mol. The second kappa shape index (κ2) is 5.86. The molecule has 0 aliphatic heterocycles. The number of ether oxygens (including phenoxy) is 1. The number of esters is 1. The summed E-state index contributed by atoms with van der Waals surface area (Å²) in [5.41, 5.74) is 5.32. The fourth-order valence-electron chi connectivity index (χ4n) is 0.977. The lowest BCUT2D eigenvalue weighted by atomic mass is 10.1. The van der Waals surface area contributed by atoms with Gasteiger partial charge < -0.3 is 22.9 Å². The van der Waals surface area contributed by atoms with Gasteiger partial charge in [-0.15, -0.1) is 0 Å². The van der Waals surface area contributed by atoms with Crippen molar-refractivity contribution in [2.45, 2.75) is 6.42 Å². The number of halogens is 2. The van der Waals surface area contributed by atoms with Gasteiger partial charge in [0.1, 0.15) is 10.7 Å². The number of hydrogen-bond donors (Lipinski definition) is 1. The molecule has 0 aliphatic rings. The van der Waals surface area contributed by atoms with Crippen LogP contribution in [0.2, 0.25) is 5.02 Å². The van der Waals surface area contributed by atoms with Gasteiger partial charge in [0, 0.05) is 6.07 Å². The van der Waals surface area contributed by atoms with Gasteiger partial charge >= 0.3 is 5.97 Å². The lowest BCUT2D eigenvalue weighted by Gasteiger charge is -2.00. The van der Waals surface area contributed by atoms with Crippen molar-refractivity contribution in [3.63, 3.8) is 0 Å². The normalized spacial score (nSPS) is 9.07. The monoisotopic (exact) mass is 235 g/mol. The van der Waals surface area contributed by atoms with Gasteiger partial charge in [0.25, 0.3) is 0 Å². The summed E-state index contributed by atoms with van der Waals surface area (Å²) < 4.78 is 4.53. The third-order valence-electron chi connectivity index (χ3n) is 1.69. The first-order valence-electron chi connectivity index (χ1n) is 3.80. The Kier molecular flexibility index (Phi) is 5.53. The predicted octanol–water partition coefficient (Wildman–Crippen LogP) is -2.07. The zero-order valence-electron chi connectivity index (χ0n) is 7.72. The van der Waals surface area contributed by atoms with E-state index in [1.807, 2.05) is 0 Å². The van der Waals surface area contributed by atoms with Crippen molar-refractivity contribution in [2.75, 3.05) is 7.11 Å². The average molecular weight is 236 g/mol. The van der Waals surface area contributed by atoms with Crippen LogP contribution >= 0.6 is 11.6 Å². The molecule has 0 saturated carbocycles. The quantitative estimate of drug-likeness (QED) is 0.600. The van der Waals surface area contributed by atoms with E-state index in [-0.39, 0.29) is 24.8 Å². The maximum atomic E-state index is 10.9. The Morgan fingerprint density at radius 2 is 2.21 bits per heavy atom. The highest BCUT2D eigenvalue weighted by Gasteiger charge is 2.05. The minimum Gasteiger partial charge on any atom is -1.00 e. The second-order valence-electron chi connectivity index (χ2n) is 2.68. The predicted molar refractivity (Wildman–Crippen MR) is 49.7 cm³/mol. The molecule has 0 heterocycles. The zero-order valence-corrected chi connectivity index (χ0v) is 9.23. The molecule has 1 aromatic carbocycles. The first-order chi connectivity index (χ1) is 6.13. The Hall–Kier alpha value is -0.770. The molecule has 0 atom stereocenters. The Balaban J connectivity index is 0.00000169. The van der Waals surface area contributed by atoms with Crippen molar-refractivity contribution < 1.29 is 27.7 Å². The molecule has 0 radical (unpaired) electrons. The smallest absolute Gasteiger partial charge is 0.309 e. The standard InChI is InChI=1S/C9H10ClNO2.ClH/c1-13-9(12)5-6-2-3-7(10)8(11)4-6;/h2-4H,5,11H2,1H3;1H. The van der Waals surface area contributed by atoms with Crippen LogP contribution in [0.25, 0.3) is 0 Å². The molecule has 0 unspecified atom stereocenters. The van der Waals surface area contributed by atoms with Gasteiger partial charge in [-0.3, -0.25) is 4.79 Å². The van der Waals surface area contributed by atoms with Crippen LogP contribution in [-0.2, 0) is 16.0 Å². The molecule has 0 amide bonds. The topological polar surface area (TPSA) is 53.9 Å². The van der Waals surface area contributed by atoms with E-state index in [9.17, 15) is 4.79 Å². The highest BCUT2D eigenvalue weighted by Crippen LogP contribution is 2.18. The first kappa shape index (κ1) is 13.2. The van der Waals surface area contributed by atoms with E-state index in [0.29, 0.717) is 5.02 Å². The van der Waals surface area contributed by atoms with Crippen molar-refractivity contribution in [1.82, 2.24) is 0 Å². The van der Waals surface area contributed by atoms with Gasteiger partial charge in [0.15, 0.2) is 0 Å². The fourth-order valence-corrected chi connectivity index (χ4v) is 1.09. The van der Waals surface area contributed by atoms with Gasteiger partial charge in [-0.25, -0.2) is 0 Å². The average Bonchev–Trinajstić information content (AvgIpc) is 2.11. The third-order valence-corrected chi connectivity index (χ3v) is 2.05. The molecule has 1 rings (SSSR count). The molecule has 14 heavy (non-hydrogen) atoms. The van der Waals surface area contributed by atoms with E-state index in [2.05, 4.69) is 10.5 Å². The van der Waals surface area contributed by atoms with Gasteiger partial charge in [-0.05, 0) is 11.6 Å². The highest BCUT2D eigenvalue weighted by atomic mass is 35.5. The third kappa shape index (κ3) is 3.54. The maximum absolute atomic E-state index is 10.9. The van der Waals surface area contributed by atoms with Crippen LogP contribution in [0.4, 0.5) is 5.69 Å². The molecule has 0 aliphatic carbocycles. The van der Waals surface area contributed by atoms with Crippen LogP contribution in [0.3, 0.4) is 0 Å². The summed E-state index contributed by atoms with van der Waals surface area (Å²) in [5.74, 6) is -0.262.